The predicted molar refractivity (Wildman–Crippen MR) is 69.0 cm³/mol. The first kappa shape index (κ1) is 11.6. The molecule has 1 amide bonds. The molecular formula is C12H15N7O. The molecule has 2 aromatic heterocycles. The quantitative estimate of drug-likeness (QED) is 0.872. The molecular weight excluding hydrogens is 258 g/mol. The van der Waals surface area contributed by atoms with E-state index in [2.05, 4.69) is 25.9 Å². The molecule has 8 heteroatoms. The largest absolute Gasteiger partial charge is 0.289 e. The van der Waals surface area contributed by atoms with Gasteiger partial charge in [0, 0.05) is 12.7 Å². The van der Waals surface area contributed by atoms with Gasteiger partial charge in [0.15, 0.2) is 0 Å². The average Bonchev–Trinajstić information content (AvgIpc) is 3.34. The molecule has 8 nitrogen and oxygen atoms in total. The summed E-state index contributed by atoms with van der Waals surface area (Å²) in [4.78, 5) is 12.1. The van der Waals surface area contributed by atoms with Crippen LogP contribution < -0.4 is 5.32 Å². The molecule has 0 aromatic carbocycles. The van der Waals surface area contributed by atoms with Crippen molar-refractivity contribution in [3.05, 3.63) is 18.0 Å². The lowest BCUT2D eigenvalue weighted by Gasteiger charge is -2.03. The van der Waals surface area contributed by atoms with Crippen LogP contribution in [0, 0.1) is 5.92 Å². The van der Waals surface area contributed by atoms with Gasteiger partial charge in [-0.25, -0.2) is 4.68 Å². The second-order valence-electron chi connectivity index (χ2n) is 5.53. The zero-order chi connectivity index (χ0) is 13.5. The van der Waals surface area contributed by atoms with Crippen LogP contribution in [0.2, 0.25) is 0 Å². The Hall–Kier alpha value is -2.25. The summed E-state index contributed by atoms with van der Waals surface area (Å²) in [6.07, 6.45) is 8.01. The van der Waals surface area contributed by atoms with Crippen molar-refractivity contribution in [1.29, 1.82) is 0 Å². The Bertz CT molecular complexity index is 638. The van der Waals surface area contributed by atoms with E-state index in [0.717, 1.165) is 25.3 Å². The molecule has 0 aliphatic heterocycles. The van der Waals surface area contributed by atoms with Gasteiger partial charge in [-0.15, -0.1) is 0 Å². The van der Waals surface area contributed by atoms with Crippen molar-refractivity contribution in [1.82, 2.24) is 30.0 Å². The topological polar surface area (TPSA) is 90.5 Å². The minimum Gasteiger partial charge on any atom is -0.289 e. The maximum Gasteiger partial charge on any atom is 0.261 e. The van der Waals surface area contributed by atoms with Gasteiger partial charge < -0.3 is 0 Å². The summed E-state index contributed by atoms with van der Waals surface area (Å²) >= 11 is 0. The Morgan fingerprint density at radius 2 is 2.20 bits per heavy atom. The van der Waals surface area contributed by atoms with Gasteiger partial charge in [-0.3, -0.25) is 14.8 Å². The molecule has 2 saturated carbocycles. The fourth-order valence-electron chi connectivity index (χ4n) is 2.16. The zero-order valence-electron chi connectivity index (χ0n) is 10.9. The number of amides is 1. The highest BCUT2D eigenvalue weighted by Crippen LogP contribution is 2.35. The molecule has 2 heterocycles. The molecule has 0 saturated heterocycles. The third-order valence-electron chi connectivity index (χ3n) is 3.65. The maximum atomic E-state index is 12.1. The van der Waals surface area contributed by atoms with Crippen LogP contribution in [0.5, 0.6) is 0 Å². The maximum absolute atomic E-state index is 12.1. The molecule has 4 rings (SSSR count). The summed E-state index contributed by atoms with van der Waals surface area (Å²) in [6, 6.07) is 0.331. The van der Waals surface area contributed by atoms with Crippen molar-refractivity contribution in [3.8, 4) is 0 Å². The third-order valence-corrected chi connectivity index (χ3v) is 3.65. The highest BCUT2D eigenvalue weighted by Gasteiger charge is 2.28. The van der Waals surface area contributed by atoms with E-state index in [1.54, 1.807) is 17.1 Å². The Morgan fingerprint density at radius 3 is 2.95 bits per heavy atom. The number of hydrogen-bond acceptors (Lipinski definition) is 5. The van der Waals surface area contributed by atoms with Gasteiger partial charge in [0.1, 0.15) is 0 Å². The smallest absolute Gasteiger partial charge is 0.261 e. The molecule has 1 N–H and O–H groups in total. The molecule has 0 radical (unpaired) electrons. The first-order valence-electron chi connectivity index (χ1n) is 6.91. The van der Waals surface area contributed by atoms with E-state index in [9.17, 15) is 4.79 Å². The molecule has 2 aromatic rings. The minimum absolute atomic E-state index is 0.219. The van der Waals surface area contributed by atoms with Gasteiger partial charge in [-0.1, -0.05) is 5.10 Å². The van der Waals surface area contributed by atoms with Crippen LogP contribution in [0.25, 0.3) is 0 Å². The van der Waals surface area contributed by atoms with E-state index in [4.69, 9.17) is 0 Å². The van der Waals surface area contributed by atoms with Crippen LogP contribution in [0.15, 0.2) is 12.4 Å². The van der Waals surface area contributed by atoms with Gasteiger partial charge in [-0.05, 0) is 42.0 Å². The summed E-state index contributed by atoms with van der Waals surface area (Å²) in [6.45, 7) is 0.896. The molecule has 0 atom stereocenters. The molecule has 0 unspecified atom stereocenters. The van der Waals surface area contributed by atoms with Crippen LogP contribution in [0.3, 0.4) is 0 Å². The number of carbonyl (C=O) groups excluding carboxylic acids is 1. The fraction of sp³-hybridized carbons (Fsp3) is 0.583. The van der Waals surface area contributed by atoms with E-state index in [-0.39, 0.29) is 5.91 Å². The molecule has 104 valence electrons. The van der Waals surface area contributed by atoms with Gasteiger partial charge >= 0.3 is 0 Å². The standard InChI is InChI=1S/C12H15N7O/c20-11(9-5-13-18(7-9)6-8-1-2-8)14-12-15-16-17-19(12)10-3-4-10/h5,7-8,10H,1-4,6H2,(H,14,15,17,20). The van der Waals surface area contributed by atoms with Crippen molar-refractivity contribution < 1.29 is 4.79 Å². The van der Waals surface area contributed by atoms with Gasteiger partial charge in [0.25, 0.3) is 5.91 Å². The summed E-state index contributed by atoms with van der Waals surface area (Å²) in [5.41, 5.74) is 0.538. The van der Waals surface area contributed by atoms with Gasteiger partial charge in [-0.2, -0.15) is 5.10 Å². The number of rotatable bonds is 5. The summed E-state index contributed by atoms with van der Waals surface area (Å²) in [5, 5.41) is 18.3. The molecule has 20 heavy (non-hydrogen) atoms. The first-order valence-corrected chi connectivity index (χ1v) is 6.91. The zero-order valence-corrected chi connectivity index (χ0v) is 10.9. The van der Waals surface area contributed by atoms with Crippen molar-refractivity contribution >= 4 is 11.9 Å². The van der Waals surface area contributed by atoms with Gasteiger partial charge in [0.05, 0.1) is 17.8 Å². The number of aromatic nitrogens is 6. The summed E-state index contributed by atoms with van der Waals surface area (Å²) in [5.74, 6) is 0.921. The number of anilines is 1. The Morgan fingerprint density at radius 1 is 1.35 bits per heavy atom. The summed E-state index contributed by atoms with van der Waals surface area (Å²) < 4.78 is 3.50. The van der Waals surface area contributed by atoms with Crippen molar-refractivity contribution in [2.45, 2.75) is 38.3 Å². The van der Waals surface area contributed by atoms with Gasteiger partial charge in [0.2, 0.25) is 5.95 Å². The van der Waals surface area contributed by atoms with Crippen LogP contribution in [-0.2, 0) is 6.54 Å². The van der Waals surface area contributed by atoms with Crippen LogP contribution in [0.1, 0.15) is 42.1 Å². The number of nitrogens with zero attached hydrogens (tertiary/aromatic N) is 6. The highest BCUT2D eigenvalue weighted by molar-refractivity contribution is 6.02. The third kappa shape index (κ3) is 2.28. The predicted octanol–water partition coefficient (Wildman–Crippen LogP) is 0.867. The number of nitrogens with one attached hydrogen (secondary N) is 1. The SMILES string of the molecule is O=C(Nc1nnnn1C1CC1)c1cnn(CC2CC2)c1. The highest BCUT2D eigenvalue weighted by atomic mass is 16.2. The Labute approximate surface area is 115 Å². The van der Waals surface area contributed by atoms with Crippen molar-refractivity contribution in [2.75, 3.05) is 5.32 Å². The molecule has 2 fully saturated rings. The lowest BCUT2D eigenvalue weighted by Crippen LogP contribution is -2.15. The van der Waals surface area contributed by atoms with E-state index >= 15 is 0 Å². The van der Waals surface area contributed by atoms with Crippen LogP contribution in [0.4, 0.5) is 5.95 Å². The second kappa shape index (κ2) is 4.39. The Balaban J connectivity index is 1.46. The van der Waals surface area contributed by atoms with Crippen molar-refractivity contribution in [2.24, 2.45) is 5.92 Å². The first-order chi connectivity index (χ1) is 9.79. The van der Waals surface area contributed by atoms with Crippen molar-refractivity contribution in [3.63, 3.8) is 0 Å². The average molecular weight is 273 g/mol. The lowest BCUT2D eigenvalue weighted by molar-refractivity contribution is 0.102. The van der Waals surface area contributed by atoms with E-state index in [0.29, 0.717) is 17.6 Å². The number of carbonyl (C=O) groups is 1. The van der Waals surface area contributed by atoms with E-state index in [1.807, 2.05) is 4.68 Å². The number of hydrogen-bond donors (Lipinski definition) is 1. The van der Waals surface area contributed by atoms with E-state index in [1.165, 1.54) is 12.8 Å². The normalized spacial score (nSPS) is 18.2. The summed E-state index contributed by atoms with van der Waals surface area (Å²) in [7, 11) is 0. The molecule has 2 aliphatic carbocycles. The van der Waals surface area contributed by atoms with E-state index < -0.39 is 0 Å². The lowest BCUT2D eigenvalue weighted by atomic mass is 10.3. The Kier molecular flexibility index (Phi) is 2.54. The second-order valence-corrected chi connectivity index (χ2v) is 5.53. The minimum atomic E-state index is -0.219. The molecule has 0 spiro atoms. The molecule has 0 bridgehead atoms. The monoisotopic (exact) mass is 273 g/mol. The fourth-order valence-corrected chi connectivity index (χ4v) is 2.16. The molecule has 2 aliphatic rings. The van der Waals surface area contributed by atoms with Crippen LogP contribution in [-0.4, -0.2) is 35.9 Å². The number of tetrazole rings is 1. The van der Waals surface area contributed by atoms with Crippen LogP contribution >= 0.6 is 0 Å².